The van der Waals surface area contributed by atoms with Gasteiger partial charge in [0, 0.05) is 24.6 Å². The summed E-state index contributed by atoms with van der Waals surface area (Å²) in [6.45, 7) is 8.00. The third-order valence-corrected chi connectivity index (χ3v) is 7.14. The van der Waals surface area contributed by atoms with Crippen LogP contribution in [0.1, 0.15) is 11.4 Å². The first kappa shape index (κ1) is 19.7. The number of nitrogens with zero attached hydrogens (tertiary/aromatic N) is 4. The number of methoxy groups -OCH3 is 1. The van der Waals surface area contributed by atoms with Gasteiger partial charge in [-0.25, -0.2) is 4.99 Å². The number of fused-ring (bicyclic) bond motifs is 1. The standard InChI is InChI=1S/C20H21N5O2S2/c1-6-9-25-18(26)17(29-20(25)21-16-11(2)22-23-12(16)3)19-24(4)14-10-13(27-5)7-8-15(14)28-19/h6-8,10H,1,9H2,2-5H3,(H,22,23). The Morgan fingerprint density at radius 2 is 2.14 bits per heavy atom. The van der Waals surface area contributed by atoms with Crippen LogP contribution in [-0.4, -0.2) is 46.9 Å². The summed E-state index contributed by atoms with van der Waals surface area (Å²) in [7, 11) is 3.61. The average molecular weight is 428 g/mol. The van der Waals surface area contributed by atoms with Crippen LogP contribution < -0.4 is 9.64 Å². The third kappa shape index (κ3) is 3.34. The molecule has 1 saturated heterocycles. The lowest BCUT2D eigenvalue weighted by molar-refractivity contribution is -0.121. The highest BCUT2D eigenvalue weighted by molar-refractivity contribution is 8.19. The topological polar surface area (TPSA) is 73.8 Å². The number of amidine groups is 1. The molecule has 0 spiro atoms. The van der Waals surface area contributed by atoms with Gasteiger partial charge in [-0.1, -0.05) is 17.8 Å². The van der Waals surface area contributed by atoms with E-state index in [2.05, 4.69) is 16.8 Å². The van der Waals surface area contributed by atoms with Gasteiger partial charge in [-0.2, -0.15) is 5.10 Å². The lowest BCUT2D eigenvalue weighted by Crippen LogP contribution is -2.29. The molecule has 2 aliphatic rings. The van der Waals surface area contributed by atoms with Crippen LogP contribution in [0.3, 0.4) is 0 Å². The zero-order valence-electron chi connectivity index (χ0n) is 16.6. The fraction of sp³-hybridized carbons (Fsp3) is 0.250. The van der Waals surface area contributed by atoms with E-state index in [0.29, 0.717) is 16.6 Å². The molecule has 4 rings (SSSR count). The van der Waals surface area contributed by atoms with E-state index < -0.39 is 0 Å². The molecule has 9 heteroatoms. The number of amides is 1. The van der Waals surface area contributed by atoms with Crippen LogP contribution in [0.25, 0.3) is 0 Å². The first-order chi connectivity index (χ1) is 13.9. The van der Waals surface area contributed by atoms with Gasteiger partial charge in [0.05, 0.1) is 29.2 Å². The molecule has 2 aliphatic heterocycles. The van der Waals surface area contributed by atoms with E-state index in [1.807, 2.05) is 44.0 Å². The van der Waals surface area contributed by atoms with Crippen molar-refractivity contribution in [3.05, 3.63) is 52.2 Å². The van der Waals surface area contributed by atoms with Crippen molar-refractivity contribution in [2.75, 3.05) is 25.6 Å². The fourth-order valence-corrected chi connectivity index (χ4v) is 5.49. The maximum atomic E-state index is 13.2. The van der Waals surface area contributed by atoms with Gasteiger partial charge in [-0.05, 0) is 37.7 Å². The van der Waals surface area contributed by atoms with E-state index >= 15 is 0 Å². The monoisotopic (exact) mass is 427 g/mol. The van der Waals surface area contributed by atoms with Gasteiger partial charge in [0.2, 0.25) is 0 Å². The van der Waals surface area contributed by atoms with Crippen LogP contribution in [0.5, 0.6) is 5.75 Å². The average Bonchev–Trinajstić information content (AvgIpc) is 3.32. The number of aromatic amines is 1. The summed E-state index contributed by atoms with van der Waals surface area (Å²) in [6, 6.07) is 5.93. The third-order valence-electron chi connectivity index (χ3n) is 4.70. The van der Waals surface area contributed by atoms with Gasteiger partial charge in [-0.15, -0.1) is 6.58 Å². The molecule has 0 radical (unpaired) electrons. The molecule has 0 saturated carbocycles. The lowest BCUT2D eigenvalue weighted by atomic mass is 10.3. The summed E-state index contributed by atoms with van der Waals surface area (Å²) in [5.41, 5.74) is 3.46. The van der Waals surface area contributed by atoms with Gasteiger partial charge < -0.3 is 9.64 Å². The molecule has 1 aromatic carbocycles. The highest BCUT2D eigenvalue weighted by Crippen LogP contribution is 2.51. The van der Waals surface area contributed by atoms with Gasteiger partial charge in [0.1, 0.15) is 16.3 Å². The van der Waals surface area contributed by atoms with Crippen molar-refractivity contribution in [1.82, 2.24) is 15.1 Å². The highest BCUT2D eigenvalue weighted by Gasteiger charge is 2.39. The normalized spacial score (nSPS) is 20.0. The molecule has 3 heterocycles. The van der Waals surface area contributed by atoms with E-state index in [9.17, 15) is 4.79 Å². The van der Waals surface area contributed by atoms with Crippen molar-refractivity contribution in [2.24, 2.45) is 4.99 Å². The Hall–Kier alpha value is -2.65. The Morgan fingerprint density at radius 1 is 1.34 bits per heavy atom. The van der Waals surface area contributed by atoms with E-state index in [4.69, 9.17) is 9.73 Å². The molecule has 29 heavy (non-hydrogen) atoms. The Labute approximate surface area is 177 Å². The van der Waals surface area contributed by atoms with Gasteiger partial charge >= 0.3 is 0 Å². The fourth-order valence-electron chi connectivity index (χ4n) is 3.17. The van der Waals surface area contributed by atoms with E-state index in [-0.39, 0.29) is 5.91 Å². The van der Waals surface area contributed by atoms with Crippen molar-refractivity contribution in [3.8, 4) is 5.75 Å². The minimum absolute atomic E-state index is 0.0680. The largest absolute Gasteiger partial charge is 0.497 e. The second-order valence-corrected chi connectivity index (χ2v) is 8.62. The molecule has 0 atom stereocenters. The zero-order chi connectivity index (χ0) is 20.7. The molecule has 7 nitrogen and oxygen atoms in total. The second kappa shape index (κ2) is 7.64. The molecule has 150 valence electrons. The van der Waals surface area contributed by atoms with Crippen molar-refractivity contribution in [3.63, 3.8) is 0 Å². The Balaban J connectivity index is 1.75. The van der Waals surface area contributed by atoms with Crippen LogP contribution in [0.15, 0.2) is 50.7 Å². The van der Waals surface area contributed by atoms with Crippen LogP contribution in [0.2, 0.25) is 0 Å². The number of anilines is 1. The summed E-state index contributed by atoms with van der Waals surface area (Å²) in [5, 5.41) is 8.66. The van der Waals surface area contributed by atoms with E-state index in [1.54, 1.807) is 29.8 Å². The molecule has 0 aliphatic carbocycles. The van der Waals surface area contributed by atoms with Crippen molar-refractivity contribution in [2.45, 2.75) is 18.7 Å². The number of carbonyl (C=O) groups is 1. The van der Waals surface area contributed by atoms with Crippen LogP contribution >= 0.6 is 23.5 Å². The minimum atomic E-state index is -0.0680. The van der Waals surface area contributed by atoms with Crippen LogP contribution in [0.4, 0.5) is 11.4 Å². The molecule has 0 bridgehead atoms. The number of benzene rings is 1. The molecule has 1 fully saturated rings. The van der Waals surface area contributed by atoms with Gasteiger partial charge in [0.15, 0.2) is 5.17 Å². The number of hydrogen-bond acceptors (Lipinski definition) is 7. The maximum Gasteiger partial charge on any atom is 0.269 e. The summed E-state index contributed by atoms with van der Waals surface area (Å²) >= 11 is 2.97. The number of rotatable bonds is 4. The number of nitrogens with one attached hydrogen (secondary N) is 1. The molecule has 1 aromatic heterocycles. The number of aliphatic imine (C=N–C) groups is 1. The SMILES string of the molecule is C=CCN1C(=O)C(=C2Sc3ccc(OC)cc3N2C)SC1=Nc1c(C)n[nH]c1C. The molecule has 2 aromatic rings. The number of ether oxygens (including phenoxy) is 1. The predicted octanol–water partition coefficient (Wildman–Crippen LogP) is 4.20. The lowest BCUT2D eigenvalue weighted by Gasteiger charge is -2.15. The van der Waals surface area contributed by atoms with Crippen molar-refractivity contribution >= 4 is 46.0 Å². The number of hydrogen-bond donors (Lipinski definition) is 1. The van der Waals surface area contributed by atoms with Crippen LogP contribution in [0, 0.1) is 13.8 Å². The molecular weight excluding hydrogens is 406 g/mol. The van der Waals surface area contributed by atoms with E-state index in [1.165, 1.54) is 11.8 Å². The summed E-state index contributed by atoms with van der Waals surface area (Å²) in [6.07, 6.45) is 1.71. The number of H-pyrrole nitrogens is 1. The summed E-state index contributed by atoms with van der Waals surface area (Å²) in [5.74, 6) is 0.718. The number of carbonyl (C=O) groups excluding carboxylic acids is 1. The number of aromatic nitrogens is 2. The maximum absolute atomic E-state index is 13.2. The highest BCUT2D eigenvalue weighted by atomic mass is 32.2. The Kier molecular flexibility index (Phi) is 5.18. The molecule has 1 N–H and O–H groups in total. The zero-order valence-corrected chi connectivity index (χ0v) is 18.3. The van der Waals surface area contributed by atoms with Gasteiger partial charge in [-0.3, -0.25) is 14.8 Å². The van der Waals surface area contributed by atoms with Crippen molar-refractivity contribution < 1.29 is 9.53 Å². The minimum Gasteiger partial charge on any atom is -0.497 e. The predicted molar refractivity (Wildman–Crippen MR) is 119 cm³/mol. The Bertz CT molecular complexity index is 1050. The number of aryl methyl sites for hydroxylation is 2. The molecular formula is C20H21N5O2S2. The first-order valence-corrected chi connectivity index (χ1v) is 10.6. The smallest absolute Gasteiger partial charge is 0.269 e. The quantitative estimate of drug-likeness (QED) is 0.582. The number of thioether (sulfide) groups is 2. The first-order valence-electron chi connectivity index (χ1n) is 8.99. The molecule has 0 unspecified atom stereocenters. The second-order valence-electron chi connectivity index (χ2n) is 6.61. The Morgan fingerprint density at radius 3 is 2.79 bits per heavy atom. The molecule has 1 amide bonds. The summed E-state index contributed by atoms with van der Waals surface area (Å²) < 4.78 is 5.35. The van der Waals surface area contributed by atoms with Gasteiger partial charge in [0.25, 0.3) is 5.91 Å². The van der Waals surface area contributed by atoms with E-state index in [0.717, 1.165) is 38.4 Å². The van der Waals surface area contributed by atoms with Crippen LogP contribution in [-0.2, 0) is 4.79 Å². The summed E-state index contributed by atoms with van der Waals surface area (Å²) in [4.78, 5) is 23.4. The van der Waals surface area contributed by atoms with Crippen molar-refractivity contribution in [1.29, 1.82) is 0 Å².